The number of methoxy groups -OCH3 is 1. The van der Waals surface area contributed by atoms with Gasteiger partial charge in [-0.15, -0.1) is 0 Å². The van der Waals surface area contributed by atoms with E-state index in [1.54, 1.807) is 7.11 Å². The molecule has 0 aliphatic carbocycles. The molecule has 0 aliphatic rings. The van der Waals surface area contributed by atoms with Crippen molar-refractivity contribution < 1.29 is 14.2 Å². The second-order valence-corrected chi connectivity index (χ2v) is 5.09. The predicted octanol–water partition coefficient (Wildman–Crippen LogP) is 3.93. The second kappa shape index (κ2) is 8.32. The Kier molecular flexibility index (Phi) is 6.10. The topological polar surface area (TPSA) is 27.7 Å². The standard InChI is InChI=1S/C18H22O3/c1-15(12-20-14-16-6-4-3-5-7-16)13-21-18-10-8-17(19-2)9-11-18/h3-11,15H,12-14H2,1-2H3. The molecule has 1 unspecified atom stereocenters. The van der Waals surface area contributed by atoms with E-state index in [1.807, 2.05) is 42.5 Å². The van der Waals surface area contributed by atoms with Crippen LogP contribution in [0.1, 0.15) is 12.5 Å². The van der Waals surface area contributed by atoms with E-state index in [9.17, 15) is 0 Å². The van der Waals surface area contributed by atoms with Gasteiger partial charge in [0.05, 0.1) is 26.9 Å². The zero-order chi connectivity index (χ0) is 14.9. The molecule has 0 spiro atoms. The van der Waals surface area contributed by atoms with Crippen LogP contribution in [0.3, 0.4) is 0 Å². The highest BCUT2D eigenvalue weighted by Gasteiger charge is 2.04. The Bertz CT molecular complexity index is 508. The zero-order valence-corrected chi connectivity index (χ0v) is 12.6. The normalized spacial score (nSPS) is 11.9. The maximum absolute atomic E-state index is 5.73. The van der Waals surface area contributed by atoms with Gasteiger partial charge in [0.25, 0.3) is 0 Å². The Morgan fingerprint density at radius 3 is 2.19 bits per heavy atom. The molecule has 2 aromatic rings. The Labute approximate surface area is 126 Å². The fourth-order valence-corrected chi connectivity index (χ4v) is 1.91. The minimum Gasteiger partial charge on any atom is -0.497 e. The molecule has 0 bridgehead atoms. The van der Waals surface area contributed by atoms with E-state index >= 15 is 0 Å². The molecule has 0 saturated carbocycles. The molecule has 3 nitrogen and oxygen atoms in total. The van der Waals surface area contributed by atoms with Gasteiger partial charge in [0.15, 0.2) is 0 Å². The predicted molar refractivity (Wildman–Crippen MR) is 83.8 cm³/mol. The Hall–Kier alpha value is -2.00. The van der Waals surface area contributed by atoms with E-state index in [2.05, 4.69) is 19.1 Å². The summed E-state index contributed by atoms with van der Waals surface area (Å²) in [6.45, 7) is 4.09. The number of ether oxygens (including phenoxy) is 3. The molecule has 0 N–H and O–H groups in total. The summed E-state index contributed by atoms with van der Waals surface area (Å²) in [5, 5.41) is 0. The summed E-state index contributed by atoms with van der Waals surface area (Å²) in [5.41, 5.74) is 1.20. The van der Waals surface area contributed by atoms with E-state index < -0.39 is 0 Å². The molecule has 0 radical (unpaired) electrons. The third-order valence-corrected chi connectivity index (χ3v) is 3.11. The van der Waals surface area contributed by atoms with Crippen LogP contribution in [0, 0.1) is 5.92 Å². The highest BCUT2D eigenvalue weighted by molar-refractivity contribution is 5.31. The van der Waals surface area contributed by atoms with Crippen molar-refractivity contribution in [3.05, 3.63) is 60.2 Å². The van der Waals surface area contributed by atoms with Gasteiger partial charge in [-0.3, -0.25) is 0 Å². The van der Waals surface area contributed by atoms with Crippen LogP contribution in [-0.4, -0.2) is 20.3 Å². The van der Waals surface area contributed by atoms with Crippen LogP contribution in [0.2, 0.25) is 0 Å². The fourth-order valence-electron chi connectivity index (χ4n) is 1.91. The summed E-state index contributed by atoms with van der Waals surface area (Å²) < 4.78 is 16.6. The molecule has 1 atom stereocenters. The summed E-state index contributed by atoms with van der Waals surface area (Å²) in [6.07, 6.45) is 0. The highest BCUT2D eigenvalue weighted by Crippen LogP contribution is 2.17. The third-order valence-electron chi connectivity index (χ3n) is 3.11. The summed E-state index contributed by atoms with van der Waals surface area (Å²) in [5.74, 6) is 2.03. The summed E-state index contributed by atoms with van der Waals surface area (Å²) >= 11 is 0. The number of benzene rings is 2. The van der Waals surface area contributed by atoms with E-state index in [4.69, 9.17) is 14.2 Å². The second-order valence-electron chi connectivity index (χ2n) is 5.09. The lowest BCUT2D eigenvalue weighted by molar-refractivity contribution is 0.0742. The van der Waals surface area contributed by atoms with Gasteiger partial charge < -0.3 is 14.2 Å². The lowest BCUT2D eigenvalue weighted by atomic mass is 10.2. The van der Waals surface area contributed by atoms with Crippen LogP contribution >= 0.6 is 0 Å². The minimum atomic E-state index is 0.343. The molecule has 3 heteroatoms. The molecular formula is C18H22O3. The van der Waals surface area contributed by atoms with E-state index in [0.717, 1.165) is 11.5 Å². The Morgan fingerprint density at radius 1 is 0.857 bits per heavy atom. The van der Waals surface area contributed by atoms with Crippen molar-refractivity contribution in [1.29, 1.82) is 0 Å². The average molecular weight is 286 g/mol. The third kappa shape index (κ3) is 5.48. The molecule has 0 amide bonds. The number of rotatable bonds is 8. The van der Waals surface area contributed by atoms with Crippen molar-refractivity contribution >= 4 is 0 Å². The maximum atomic E-state index is 5.73. The molecule has 21 heavy (non-hydrogen) atoms. The monoisotopic (exact) mass is 286 g/mol. The van der Waals surface area contributed by atoms with Gasteiger partial charge in [0, 0.05) is 5.92 Å². The van der Waals surface area contributed by atoms with E-state index in [-0.39, 0.29) is 0 Å². The number of hydrogen-bond acceptors (Lipinski definition) is 3. The smallest absolute Gasteiger partial charge is 0.119 e. The molecule has 0 heterocycles. The first-order valence-corrected chi connectivity index (χ1v) is 7.16. The summed E-state index contributed by atoms with van der Waals surface area (Å²) in [4.78, 5) is 0. The van der Waals surface area contributed by atoms with Gasteiger partial charge in [-0.1, -0.05) is 37.3 Å². The van der Waals surface area contributed by atoms with Crippen molar-refractivity contribution in [1.82, 2.24) is 0 Å². The average Bonchev–Trinajstić information content (AvgIpc) is 2.54. The maximum Gasteiger partial charge on any atom is 0.119 e. The lowest BCUT2D eigenvalue weighted by Crippen LogP contribution is -2.14. The van der Waals surface area contributed by atoms with Crippen LogP contribution in [0.25, 0.3) is 0 Å². The van der Waals surface area contributed by atoms with Gasteiger partial charge in [-0.2, -0.15) is 0 Å². The van der Waals surface area contributed by atoms with Crippen LogP contribution in [-0.2, 0) is 11.3 Å². The van der Waals surface area contributed by atoms with Crippen LogP contribution < -0.4 is 9.47 Å². The first kappa shape index (κ1) is 15.4. The van der Waals surface area contributed by atoms with Crippen LogP contribution in [0.4, 0.5) is 0 Å². The van der Waals surface area contributed by atoms with Gasteiger partial charge in [0.1, 0.15) is 11.5 Å². The van der Waals surface area contributed by atoms with E-state index in [1.165, 1.54) is 5.56 Å². The first-order chi connectivity index (χ1) is 10.3. The van der Waals surface area contributed by atoms with Crippen molar-refractivity contribution in [2.45, 2.75) is 13.5 Å². The summed E-state index contributed by atoms with van der Waals surface area (Å²) in [7, 11) is 1.65. The van der Waals surface area contributed by atoms with Gasteiger partial charge in [-0.05, 0) is 29.8 Å². The van der Waals surface area contributed by atoms with Crippen molar-refractivity contribution in [2.75, 3.05) is 20.3 Å². The van der Waals surface area contributed by atoms with Crippen molar-refractivity contribution in [2.24, 2.45) is 5.92 Å². The molecule has 2 aromatic carbocycles. The fraction of sp³-hybridized carbons (Fsp3) is 0.333. The zero-order valence-electron chi connectivity index (χ0n) is 12.6. The largest absolute Gasteiger partial charge is 0.497 e. The molecule has 2 rings (SSSR count). The quantitative estimate of drug-likeness (QED) is 0.736. The highest BCUT2D eigenvalue weighted by atomic mass is 16.5. The van der Waals surface area contributed by atoms with Crippen LogP contribution in [0.5, 0.6) is 11.5 Å². The molecule has 112 valence electrons. The van der Waals surface area contributed by atoms with Crippen LogP contribution in [0.15, 0.2) is 54.6 Å². The van der Waals surface area contributed by atoms with Gasteiger partial charge in [0.2, 0.25) is 0 Å². The van der Waals surface area contributed by atoms with Gasteiger partial charge in [-0.25, -0.2) is 0 Å². The Balaban J connectivity index is 1.66. The molecule has 0 fully saturated rings. The van der Waals surface area contributed by atoms with Gasteiger partial charge >= 0.3 is 0 Å². The number of hydrogen-bond donors (Lipinski definition) is 0. The van der Waals surface area contributed by atoms with E-state index in [0.29, 0.717) is 25.7 Å². The molecule has 0 aliphatic heterocycles. The first-order valence-electron chi connectivity index (χ1n) is 7.16. The minimum absolute atomic E-state index is 0.343. The molecule has 0 aromatic heterocycles. The molecular weight excluding hydrogens is 264 g/mol. The van der Waals surface area contributed by atoms with Crippen molar-refractivity contribution in [3.63, 3.8) is 0 Å². The van der Waals surface area contributed by atoms with Crippen molar-refractivity contribution in [3.8, 4) is 11.5 Å². The Morgan fingerprint density at radius 2 is 1.52 bits per heavy atom. The summed E-state index contributed by atoms with van der Waals surface area (Å²) in [6, 6.07) is 17.8. The SMILES string of the molecule is COc1ccc(OCC(C)COCc2ccccc2)cc1. The molecule has 0 saturated heterocycles. The lowest BCUT2D eigenvalue weighted by Gasteiger charge is -2.14.